The van der Waals surface area contributed by atoms with E-state index in [0.717, 1.165) is 106 Å². The maximum absolute atomic E-state index is 13.8. The third-order valence-electron chi connectivity index (χ3n) is 6.86. The molecule has 5 rings (SSSR count). The first-order valence-corrected chi connectivity index (χ1v) is 13.4. The number of benzene rings is 1. The molecule has 1 aromatic carbocycles. The van der Waals surface area contributed by atoms with Gasteiger partial charge < -0.3 is 18.9 Å². The summed E-state index contributed by atoms with van der Waals surface area (Å²) in [6.07, 6.45) is 8.30. The summed E-state index contributed by atoms with van der Waals surface area (Å²) in [6, 6.07) is 4.28. The molecule has 1 aliphatic heterocycles. The van der Waals surface area contributed by atoms with E-state index in [1.54, 1.807) is 11.3 Å². The van der Waals surface area contributed by atoms with Crippen LogP contribution in [0.4, 0.5) is 0 Å². The molecule has 0 radical (unpaired) electrons. The van der Waals surface area contributed by atoms with Gasteiger partial charge in [0.05, 0.1) is 24.1 Å². The van der Waals surface area contributed by atoms with Crippen LogP contribution in [0.15, 0.2) is 33.9 Å². The number of nitrogens with zero attached hydrogens (tertiary/aromatic N) is 2. The summed E-state index contributed by atoms with van der Waals surface area (Å²) in [5.41, 5.74) is 5.53. The third kappa shape index (κ3) is 4.75. The predicted octanol–water partition coefficient (Wildman–Crippen LogP) is 5.12. The molecular weight excluding hydrogens is 432 g/mol. The van der Waals surface area contributed by atoms with E-state index in [9.17, 15) is 4.79 Å². The minimum atomic E-state index is 0.157. The highest BCUT2D eigenvalue weighted by Crippen LogP contribution is 2.36. The zero-order chi connectivity index (χ0) is 22.6. The minimum Gasteiger partial charge on any atom is -0.491 e. The van der Waals surface area contributed by atoms with Gasteiger partial charge in [0.2, 0.25) is 0 Å². The lowest BCUT2D eigenvalue weighted by Gasteiger charge is -2.22. The molecule has 2 aromatic heterocycles. The van der Waals surface area contributed by atoms with Gasteiger partial charge in [-0.3, -0.25) is 4.79 Å². The van der Waals surface area contributed by atoms with E-state index in [4.69, 9.17) is 9.47 Å². The highest BCUT2D eigenvalue weighted by molar-refractivity contribution is 7.08. The van der Waals surface area contributed by atoms with Gasteiger partial charge in [0.1, 0.15) is 5.75 Å². The van der Waals surface area contributed by atoms with Gasteiger partial charge in [0, 0.05) is 38.0 Å². The van der Waals surface area contributed by atoms with Crippen LogP contribution >= 0.6 is 11.3 Å². The fourth-order valence-corrected chi connectivity index (χ4v) is 5.91. The standard InChI is InChI=1S/C27H34N2O3S/c1-2-13-32-24-17-20-6-3-7-22(20)25-26(24)29(11-4-9-28-10-5-14-31-15-12-28)18-23(27(25)30)21-8-16-33-19-21/h8,16-19H,2-7,9-15H2,1H3. The number of hydrogen-bond donors (Lipinski definition) is 0. The van der Waals surface area contributed by atoms with Crippen molar-refractivity contribution in [1.82, 2.24) is 9.47 Å². The lowest BCUT2D eigenvalue weighted by atomic mass is 9.99. The molecule has 1 fully saturated rings. The molecular formula is C27H34N2O3S. The average Bonchev–Trinajstić information content (AvgIpc) is 3.46. The Kier molecular flexibility index (Phi) is 7.14. The van der Waals surface area contributed by atoms with Crippen LogP contribution in [0.3, 0.4) is 0 Å². The minimum absolute atomic E-state index is 0.157. The van der Waals surface area contributed by atoms with Gasteiger partial charge in [-0.25, -0.2) is 0 Å². The summed E-state index contributed by atoms with van der Waals surface area (Å²) in [7, 11) is 0. The van der Waals surface area contributed by atoms with Crippen molar-refractivity contribution in [2.24, 2.45) is 0 Å². The summed E-state index contributed by atoms with van der Waals surface area (Å²) in [5.74, 6) is 0.879. The Bertz CT molecular complexity index is 1140. The van der Waals surface area contributed by atoms with Crippen LogP contribution in [-0.4, -0.2) is 48.9 Å². The van der Waals surface area contributed by atoms with Crippen LogP contribution in [-0.2, 0) is 24.1 Å². The third-order valence-corrected chi connectivity index (χ3v) is 7.55. The Balaban J connectivity index is 1.58. The van der Waals surface area contributed by atoms with Crippen molar-refractivity contribution in [2.75, 3.05) is 39.5 Å². The molecule has 0 saturated carbocycles. The molecule has 0 amide bonds. The maximum atomic E-state index is 13.8. The van der Waals surface area contributed by atoms with E-state index in [1.165, 1.54) is 11.1 Å². The lowest BCUT2D eigenvalue weighted by molar-refractivity contribution is 0.141. The number of fused-ring (bicyclic) bond motifs is 3. The monoisotopic (exact) mass is 466 g/mol. The van der Waals surface area contributed by atoms with E-state index in [1.807, 2.05) is 0 Å². The largest absolute Gasteiger partial charge is 0.491 e. The molecule has 0 unspecified atom stereocenters. The van der Waals surface area contributed by atoms with Crippen LogP contribution in [0.2, 0.25) is 0 Å². The molecule has 176 valence electrons. The molecule has 6 heteroatoms. The fourth-order valence-electron chi connectivity index (χ4n) is 5.26. The highest BCUT2D eigenvalue weighted by Gasteiger charge is 2.24. The van der Waals surface area contributed by atoms with Crippen molar-refractivity contribution in [3.63, 3.8) is 0 Å². The normalized spacial score (nSPS) is 16.8. The smallest absolute Gasteiger partial charge is 0.197 e. The number of ether oxygens (including phenoxy) is 2. The molecule has 1 saturated heterocycles. The van der Waals surface area contributed by atoms with Crippen LogP contribution < -0.4 is 10.2 Å². The molecule has 2 aliphatic rings. The first-order valence-electron chi connectivity index (χ1n) is 12.4. The molecule has 1 aliphatic carbocycles. The zero-order valence-corrected chi connectivity index (χ0v) is 20.4. The molecule has 33 heavy (non-hydrogen) atoms. The Labute approximate surface area is 199 Å². The zero-order valence-electron chi connectivity index (χ0n) is 19.6. The molecule has 3 heterocycles. The van der Waals surface area contributed by atoms with Crippen LogP contribution in [0.5, 0.6) is 5.75 Å². The molecule has 0 N–H and O–H groups in total. The van der Waals surface area contributed by atoms with Gasteiger partial charge in [-0.05, 0) is 84.7 Å². The molecule has 0 bridgehead atoms. The Morgan fingerprint density at radius 3 is 2.94 bits per heavy atom. The summed E-state index contributed by atoms with van der Waals surface area (Å²) in [5, 5.41) is 5.03. The summed E-state index contributed by atoms with van der Waals surface area (Å²) in [6.45, 7) is 8.50. The number of aryl methyl sites for hydroxylation is 3. The van der Waals surface area contributed by atoms with Gasteiger partial charge in [-0.1, -0.05) is 6.92 Å². The molecule has 3 aromatic rings. The van der Waals surface area contributed by atoms with E-state index in [2.05, 4.69) is 45.5 Å². The van der Waals surface area contributed by atoms with Crippen molar-refractivity contribution in [3.05, 3.63) is 50.4 Å². The average molecular weight is 467 g/mol. The van der Waals surface area contributed by atoms with Crippen molar-refractivity contribution < 1.29 is 9.47 Å². The molecule has 0 spiro atoms. The van der Waals surface area contributed by atoms with Crippen LogP contribution in [0.25, 0.3) is 22.0 Å². The molecule has 5 nitrogen and oxygen atoms in total. The highest BCUT2D eigenvalue weighted by atomic mass is 32.1. The summed E-state index contributed by atoms with van der Waals surface area (Å²) >= 11 is 1.64. The van der Waals surface area contributed by atoms with Gasteiger partial charge in [-0.15, -0.1) is 0 Å². The number of hydrogen-bond acceptors (Lipinski definition) is 5. The van der Waals surface area contributed by atoms with E-state index in [-0.39, 0.29) is 5.43 Å². The van der Waals surface area contributed by atoms with Crippen molar-refractivity contribution >= 4 is 22.2 Å². The summed E-state index contributed by atoms with van der Waals surface area (Å²) < 4.78 is 14.2. The Morgan fingerprint density at radius 1 is 1.15 bits per heavy atom. The second kappa shape index (κ2) is 10.4. The van der Waals surface area contributed by atoms with Crippen LogP contribution in [0, 0.1) is 0 Å². The van der Waals surface area contributed by atoms with Crippen LogP contribution in [0.1, 0.15) is 43.7 Å². The second-order valence-corrected chi connectivity index (χ2v) is 9.96. The molecule has 0 atom stereocenters. The van der Waals surface area contributed by atoms with Gasteiger partial charge in [0.25, 0.3) is 0 Å². The van der Waals surface area contributed by atoms with Crippen molar-refractivity contribution in [3.8, 4) is 16.9 Å². The quantitative estimate of drug-likeness (QED) is 0.462. The number of thiophene rings is 1. The first kappa shape index (κ1) is 22.6. The van der Waals surface area contributed by atoms with E-state index >= 15 is 0 Å². The lowest BCUT2D eigenvalue weighted by Crippen LogP contribution is -2.28. The Hall–Kier alpha value is -2.15. The second-order valence-electron chi connectivity index (χ2n) is 9.18. The Morgan fingerprint density at radius 2 is 2.09 bits per heavy atom. The maximum Gasteiger partial charge on any atom is 0.197 e. The van der Waals surface area contributed by atoms with Gasteiger partial charge in [0.15, 0.2) is 5.43 Å². The van der Waals surface area contributed by atoms with Crippen molar-refractivity contribution in [2.45, 2.75) is 52.0 Å². The van der Waals surface area contributed by atoms with Crippen molar-refractivity contribution in [1.29, 1.82) is 0 Å². The summed E-state index contributed by atoms with van der Waals surface area (Å²) in [4.78, 5) is 16.3. The SMILES string of the molecule is CCCOc1cc2c(c3c(=O)c(-c4ccsc4)cn(CCCN4CCCOCC4)c13)CCC2. The van der Waals surface area contributed by atoms with E-state index < -0.39 is 0 Å². The predicted molar refractivity (Wildman–Crippen MR) is 136 cm³/mol. The topological polar surface area (TPSA) is 43.7 Å². The fraction of sp³-hybridized carbons (Fsp3) is 0.519. The van der Waals surface area contributed by atoms with Gasteiger partial charge >= 0.3 is 0 Å². The number of aromatic nitrogens is 1. The first-order chi connectivity index (χ1) is 16.3. The number of rotatable bonds is 8. The van der Waals surface area contributed by atoms with Gasteiger partial charge in [-0.2, -0.15) is 11.3 Å². The van der Waals surface area contributed by atoms with E-state index in [0.29, 0.717) is 6.61 Å². The number of pyridine rings is 1.